The highest BCUT2D eigenvalue weighted by Crippen LogP contribution is 2.08. The summed E-state index contributed by atoms with van der Waals surface area (Å²) in [7, 11) is 1.45. The largest absolute Gasteiger partial charge is 0.462 e. The molecule has 0 radical (unpaired) electrons. The van der Waals surface area contributed by atoms with Crippen LogP contribution in [0.5, 0.6) is 0 Å². The molecule has 0 spiro atoms. The first-order valence-corrected chi connectivity index (χ1v) is 11.3. The van der Waals surface area contributed by atoms with Gasteiger partial charge in [-0.3, -0.25) is 4.79 Å². The monoisotopic (exact) mass is 511 g/mol. The third kappa shape index (κ3) is 10.8. The average Bonchev–Trinajstić information content (AvgIpc) is 2.83. The molecule has 5 atom stereocenters. The molecule has 0 bridgehead atoms. The van der Waals surface area contributed by atoms with Crippen LogP contribution in [0.1, 0.15) is 33.3 Å². The fourth-order valence-corrected chi connectivity index (χ4v) is 2.62. The van der Waals surface area contributed by atoms with Crippen LogP contribution in [-0.4, -0.2) is 85.7 Å². The molecule has 0 heterocycles. The van der Waals surface area contributed by atoms with Crippen LogP contribution in [0, 0.1) is 0 Å². The average molecular weight is 512 g/mol. The number of rotatable bonds is 14. The van der Waals surface area contributed by atoms with E-state index < -0.39 is 60.2 Å². The van der Waals surface area contributed by atoms with Gasteiger partial charge < -0.3 is 34.1 Å². The Hall–Kier alpha value is -3.51. The van der Waals surface area contributed by atoms with E-state index in [1.165, 1.54) is 27.9 Å². The molecule has 12 nitrogen and oxygen atoms in total. The van der Waals surface area contributed by atoms with E-state index >= 15 is 0 Å². The number of methoxy groups -OCH3 is 1. The first-order chi connectivity index (χ1) is 17.0. The number of nitrogens with one attached hydrogen (secondary N) is 1. The van der Waals surface area contributed by atoms with Crippen LogP contribution in [0.15, 0.2) is 30.3 Å². The Labute approximate surface area is 209 Å². The van der Waals surface area contributed by atoms with Crippen molar-refractivity contribution >= 4 is 29.8 Å². The normalized spacial score (nSPS) is 14.8. The standard InChI is InChI=1S/C24H33NO11/c1-14(26)21(28)35-16(3)23(30)36-17(4)22(29)34-15(2)20(27)25-19(24(31)33-12-11-32-5)13-18-9-7-6-8-10-18/h6-10,14-17,19,26H,11-13H2,1-5H3,(H,25,27). The highest BCUT2D eigenvalue weighted by Gasteiger charge is 2.30. The van der Waals surface area contributed by atoms with Gasteiger partial charge in [0.2, 0.25) is 0 Å². The molecule has 1 amide bonds. The lowest BCUT2D eigenvalue weighted by molar-refractivity contribution is -0.181. The first kappa shape index (κ1) is 30.5. The number of esters is 4. The zero-order valence-electron chi connectivity index (χ0n) is 20.9. The molecule has 0 aliphatic carbocycles. The SMILES string of the molecule is COCCOC(=O)C(Cc1ccccc1)NC(=O)C(C)OC(=O)C(C)OC(=O)C(C)OC(=O)C(C)O. The summed E-state index contributed by atoms with van der Waals surface area (Å²) in [6.45, 7) is 5.03. The van der Waals surface area contributed by atoms with Crippen molar-refractivity contribution in [1.29, 1.82) is 0 Å². The van der Waals surface area contributed by atoms with Gasteiger partial charge in [0.1, 0.15) is 18.8 Å². The van der Waals surface area contributed by atoms with E-state index in [0.29, 0.717) is 0 Å². The van der Waals surface area contributed by atoms with Gasteiger partial charge in [-0.25, -0.2) is 19.2 Å². The predicted octanol–water partition coefficient (Wildman–Crippen LogP) is 0.0794. The summed E-state index contributed by atoms with van der Waals surface area (Å²) < 4.78 is 24.6. The Bertz CT molecular complexity index is 887. The second kappa shape index (κ2) is 15.5. The van der Waals surface area contributed by atoms with Crippen molar-refractivity contribution < 1.29 is 52.8 Å². The van der Waals surface area contributed by atoms with E-state index in [9.17, 15) is 24.0 Å². The van der Waals surface area contributed by atoms with E-state index in [2.05, 4.69) is 5.32 Å². The lowest BCUT2D eigenvalue weighted by Crippen LogP contribution is -2.48. The Balaban J connectivity index is 2.70. The lowest BCUT2D eigenvalue weighted by atomic mass is 10.1. The highest BCUT2D eigenvalue weighted by molar-refractivity contribution is 5.89. The summed E-state index contributed by atoms with van der Waals surface area (Å²) in [6.07, 6.45) is -5.46. The third-order valence-corrected chi connectivity index (χ3v) is 4.67. The van der Waals surface area contributed by atoms with Crippen LogP contribution >= 0.6 is 0 Å². The van der Waals surface area contributed by atoms with E-state index in [-0.39, 0.29) is 19.6 Å². The molecule has 5 unspecified atom stereocenters. The molecule has 0 aliphatic heterocycles. The van der Waals surface area contributed by atoms with Gasteiger partial charge in [0.05, 0.1) is 6.61 Å². The molecular weight excluding hydrogens is 478 g/mol. The minimum atomic E-state index is -1.44. The highest BCUT2D eigenvalue weighted by atomic mass is 16.6. The summed E-state index contributed by atoms with van der Waals surface area (Å²) in [5.74, 6) is -4.59. The van der Waals surface area contributed by atoms with Gasteiger partial charge in [-0.2, -0.15) is 0 Å². The van der Waals surface area contributed by atoms with Crippen LogP contribution in [0.25, 0.3) is 0 Å². The summed E-state index contributed by atoms with van der Waals surface area (Å²) >= 11 is 0. The van der Waals surface area contributed by atoms with E-state index in [1.54, 1.807) is 30.3 Å². The molecule has 1 aromatic carbocycles. The molecule has 2 N–H and O–H groups in total. The molecule has 0 aliphatic rings. The number of carbonyl (C=O) groups excluding carboxylic acids is 5. The Morgan fingerprint density at radius 1 is 0.778 bits per heavy atom. The van der Waals surface area contributed by atoms with Crippen LogP contribution in [0.3, 0.4) is 0 Å². The van der Waals surface area contributed by atoms with Gasteiger partial charge in [-0.05, 0) is 33.3 Å². The van der Waals surface area contributed by atoms with Gasteiger partial charge >= 0.3 is 23.9 Å². The quantitative estimate of drug-likeness (QED) is 0.197. The summed E-state index contributed by atoms with van der Waals surface area (Å²) in [5.41, 5.74) is 0.766. The maximum atomic E-state index is 12.6. The van der Waals surface area contributed by atoms with Crippen molar-refractivity contribution in [1.82, 2.24) is 5.32 Å². The molecule has 0 saturated heterocycles. The van der Waals surface area contributed by atoms with Gasteiger partial charge in [0.25, 0.3) is 5.91 Å². The lowest BCUT2D eigenvalue weighted by Gasteiger charge is -2.22. The number of benzene rings is 1. The topological polar surface area (TPSA) is 164 Å². The molecule has 36 heavy (non-hydrogen) atoms. The van der Waals surface area contributed by atoms with Crippen molar-refractivity contribution in [2.75, 3.05) is 20.3 Å². The van der Waals surface area contributed by atoms with Crippen LogP contribution in [0.2, 0.25) is 0 Å². The summed E-state index contributed by atoms with van der Waals surface area (Å²) in [4.78, 5) is 60.8. The zero-order chi connectivity index (χ0) is 27.3. The number of hydrogen-bond acceptors (Lipinski definition) is 11. The molecule has 0 aromatic heterocycles. The van der Waals surface area contributed by atoms with Crippen molar-refractivity contribution in [3.63, 3.8) is 0 Å². The summed E-state index contributed by atoms with van der Waals surface area (Å²) in [5, 5.41) is 11.6. The number of aliphatic hydroxyl groups is 1. The van der Waals surface area contributed by atoms with Crippen molar-refractivity contribution in [3.8, 4) is 0 Å². The number of amides is 1. The summed E-state index contributed by atoms with van der Waals surface area (Å²) in [6, 6.07) is 7.87. The minimum absolute atomic E-state index is 0.00509. The molecule has 200 valence electrons. The molecule has 0 saturated carbocycles. The van der Waals surface area contributed by atoms with Gasteiger partial charge in [0, 0.05) is 13.5 Å². The molecule has 12 heteroatoms. The molecule has 0 fully saturated rings. The number of hydrogen-bond donors (Lipinski definition) is 2. The second-order valence-electron chi connectivity index (χ2n) is 7.82. The Morgan fingerprint density at radius 3 is 1.83 bits per heavy atom. The Kier molecular flexibility index (Phi) is 13.1. The molecule has 1 aromatic rings. The van der Waals surface area contributed by atoms with Gasteiger partial charge in [0.15, 0.2) is 18.3 Å². The van der Waals surface area contributed by atoms with Gasteiger partial charge in [-0.15, -0.1) is 0 Å². The van der Waals surface area contributed by atoms with Crippen LogP contribution in [-0.2, 0) is 54.1 Å². The second-order valence-corrected chi connectivity index (χ2v) is 7.82. The minimum Gasteiger partial charge on any atom is -0.462 e. The molecular formula is C24H33NO11. The van der Waals surface area contributed by atoms with E-state index in [4.69, 9.17) is 28.8 Å². The van der Waals surface area contributed by atoms with Gasteiger partial charge in [-0.1, -0.05) is 30.3 Å². The van der Waals surface area contributed by atoms with Crippen LogP contribution in [0.4, 0.5) is 0 Å². The van der Waals surface area contributed by atoms with E-state index in [1.807, 2.05) is 0 Å². The fourth-order valence-electron chi connectivity index (χ4n) is 2.62. The van der Waals surface area contributed by atoms with E-state index in [0.717, 1.165) is 12.5 Å². The molecule has 1 rings (SSSR count). The third-order valence-electron chi connectivity index (χ3n) is 4.67. The fraction of sp³-hybridized carbons (Fsp3) is 0.542. The predicted molar refractivity (Wildman–Crippen MR) is 123 cm³/mol. The first-order valence-electron chi connectivity index (χ1n) is 11.3. The van der Waals surface area contributed by atoms with Crippen molar-refractivity contribution in [2.45, 2.75) is 64.6 Å². The van der Waals surface area contributed by atoms with Crippen LogP contribution < -0.4 is 5.32 Å². The number of ether oxygens (including phenoxy) is 5. The van der Waals surface area contributed by atoms with Crippen molar-refractivity contribution in [3.05, 3.63) is 35.9 Å². The maximum absolute atomic E-state index is 12.6. The number of aliphatic hydroxyl groups excluding tert-OH is 1. The van der Waals surface area contributed by atoms with Crippen molar-refractivity contribution in [2.24, 2.45) is 0 Å². The smallest absolute Gasteiger partial charge is 0.347 e. The number of carbonyl (C=O) groups is 5. The zero-order valence-corrected chi connectivity index (χ0v) is 20.9. The maximum Gasteiger partial charge on any atom is 0.347 e. The Morgan fingerprint density at radius 2 is 1.31 bits per heavy atom.